The Hall–Kier alpha value is -1.46. The van der Waals surface area contributed by atoms with Crippen LogP contribution in [0.15, 0.2) is 30.3 Å². The zero-order valence-corrected chi connectivity index (χ0v) is 13.2. The summed E-state index contributed by atoms with van der Waals surface area (Å²) in [6.45, 7) is -1.77. The van der Waals surface area contributed by atoms with Gasteiger partial charge in [-0.05, 0) is 12.1 Å². The van der Waals surface area contributed by atoms with Crippen molar-refractivity contribution in [1.82, 2.24) is 0 Å². The van der Waals surface area contributed by atoms with Crippen molar-refractivity contribution in [3.05, 3.63) is 30.3 Å². The number of hydrogen-bond donors (Lipinski definition) is 1. The van der Waals surface area contributed by atoms with Gasteiger partial charge in [0.1, 0.15) is 5.75 Å². The number of phosphoric acid groups is 1. The average Bonchev–Trinajstić information content (AvgIpc) is 2.45. The molecular formula is C12H10F9O4P. The van der Waals surface area contributed by atoms with Crippen molar-refractivity contribution in [1.29, 1.82) is 0 Å². The number of alkyl halides is 9. The second-order valence-electron chi connectivity index (χ2n) is 4.81. The van der Waals surface area contributed by atoms with E-state index in [-0.39, 0.29) is 5.75 Å². The highest BCUT2D eigenvalue weighted by Crippen LogP contribution is 2.54. The molecule has 1 aromatic rings. The van der Waals surface area contributed by atoms with Crippen molar-refractivity contribution in [3.63, 3.8) is 0 Å². The van der Waals surface area contributed by atoms with Crippen molar-refractivity contribution in [2.75, 3.05) is 6.61 Å². The lowest BCUT2D eigenvalue weighted by molar-refractivity contribution is -0.397. The highest BCUT2D eigenvalue weighted by atomic mass is 31.2. The number of halogens is 9. The van der Waals surface area contributed by atoms with Gasteiger partial charge in [-0.1, -0.05) is 18.2 Å². The van der Waals surface area contributed by atoms with Crippen molar-refractivity contribution in [2.45, 2.75) is 30.4 Å². The highest BCUT2D eigenvalue weighted by molar-refractivity contribution is 7.47. The summed E-state index contributed by atoms with van der Waals surface area (Å²) in [5.41, 5.74) is 0. The van der Waals surface area contributed by atoms with Gasteiger partial charge in [0.25, 0.3) is 0 Å². The summed E-state index contributed by atoms with van der Waals surface area (Å²) >= 11 is 0. The molecule has 0 saturated heterocycles. The smallest absolute Gasteiger partial charge is 0.404 e. The van der Waals surface area contributed by atoms with Gasteiger partial charge in [-0.2, -0.15) is 39.5 Å². The molecule has 0 aliphatic rings. The second-order valence-corrected chi connectivity index (χ2v) is 6.18. The van der Waals surface area contributed by atoms with Gasteiger partial charge >= 0.3 is 31.8 Å². The predicted molar refractivity (Wildman–Crippen MR) is 68.4 cm³/mol. The Morgan fingerprint density at radius 3 is 1.85 bits per heavy atom. The van der Waals surface area contributed by atoms with Gasteiger partial charge < -0.3 is 4.52 Å². The minimum Gasteiger partial charge on any atom is -0.404 e. The van der Waals surface area contributed by atoms with Crippen LogP contribution in [0.3, 0.4) is 0 Å². The summed E-state index contributed by atoms with van der Waals surface area (Å²) in [6.07, 6.45) is -9.35. The van der Waals surface area contributed by atoms with E-state index in [0.29, 0.717) is 0 Å². The lowest BCUT2D eigenvalue weighted by atomic mass is 10.0. The molecule has 1 atom stereocenters. The number of phosphoric ester groups is 1. The van der Waals surface area contributed by atoms with Crippen LogP contribution in [0.5, 0.6) is 5.75 Å². The molecule has 0 bridgehead atoms. The van der Waals surface area contributed by atoms with E-state index in [4.69, 9.17) is 0 Å². The maximum Gasteiger partial charge on any atom is 0.527 e. The Balaban J connectivity index is 2.77. The van der Waals surface area contributed by atoms with Crippen molar-refractivity contribution in [2.24, 2.45) is 0 Å². The van der Waals surface area contributed by atoms with E-state index in [1.807, 2.05) is 0 Å². The molecule has 4 nitrogen and oxygen atoms in total. The van der Waals surface area contributed by atoms with Crippen LogP contribution in [0.4, 0.5) is 39.5 Å². The molecule has 150 valence electrons. The molecule has 1 aromatic carbocycles. The van der Waals surface area contributed by atoms with Gasteiger partial charge in [0.2, 0.25) is 0 Å². The third kappa shape index (κ3) is 4.83. The van der Waals surface area contributed by atoms with Crippen LogP contribution in [0, 0.1) is 0 Å². The number of rotatable bonds is 8. The molecule has 26 heavy (non-hydrogen) atoms. The summed E-state index contributed by atoms with van der Waals surface area (Å²) < 4.78 is 133. The molecular weight excluding hydrogens is 410 g/mol. The zero-order valence-electron chi connectivity index (χ0n) is 12.3. The van der Waals surface area contributed by atoms with Gasteiger partial charge in [0, 0.05) is 6.42 Å². The summed E-state index contributed by atoms with van der Waals surface area (Å²) in [6, 6.07) is 6.42. The van der Waals surface area contributed by atoms with Gasteiger partial charge in [-0.3, -0.25) is 9.42 Å². The van der Waals surface area contributed by atoms with E-state index in [0.717, 1.165) is 12.1 Å². The quantitative estimate of drug-likeness (QED) is 0.473. The monoisotopic (exact) mass is 420 g/mol. The fourth-order valence-electron chi connectivity index (χ4n) is 1.49. The Kier molecular flexibility index (Phi) is 6.32. The van der Waals surface area contributed by atoms with E-state index in [1.165, 1.54) is 18.2 Å². The van der Waals surface area contributed by atoms with Crippen LogP contribution < -0.4 is 4.52 Å². The fourth-order valence-corrected chi connectivity index (χ4v) is 2.26. The third-order valence-electron chi connectivity index (χ3n) is 2.84. The summed E-state index contributed by atoms with van der Waals surface area (Å²) in [5, 5.41) is 0. The van der Waals surface area contributed by atoms with Gasteiger partial charge in [-0.25, -0.2) is 4.57 Å². The maximum absolute atomic E-state index is 13.2. The minimum absolute atomic E-state index is 0.279. The van der Waals surface area contributed by atoms with Gasteiger partial charge in [0.05, 0.1) is 6.61 Å². The molecule has 1 unspecified atom stereocenters. The summed E-state index contributed by atoms with van der Waals surface area (Å²) in [5.74, 6) is -20.0. The molecule has 0 amide bonds. The van der Waals surface area contributed by atoms with Crippen LogP contribution in [0.2, 0.25) is 0 Å². The maximum atomic E-state index is 13.2. The molecule has 0 aromatic heterocycles. The van der Waals surface area contributed by atoms with Crippen LogP contribution >= 0.6 is 7.82 Å². The Morgan fingerprint density at radius 1 is 0.885 bits per heavy atom. The summed E-state index contributed by atoms with van der Waals surface area (Å²) in [7, 11) is -5.11. The van der Waals surface area contributed by atoms with Crippen molar-refractivity contribution in [3.8, 4) is 5.75 Å². The van der Waals surface area contributed by atoms with E-state index >= 15 is 0 Å². The van der Waals surface area contributed by atoms with Gasteiger partial charge in [0.15, 0.2) is 0 Å². The van der Waals surface area contributed by atoms with Gasteiger partial charge in [-0.15, -0.1) is 0 Å². The molecule has 0 spiro atoms. The Bertz CT molecular complexity index is 648. The normalized spacial score (nSPS) is 16.2. The van der Waals surface area contributed by atoms with Crippen LogP contribution in [0.1, 0.15) is 6.42 Å². The van der Waals surface area contributed by atoms with E-state index in [2.05, 4.69) is 9.05 Å². The van der Waals surface area contributed by atoms with E-state index in [9.17, 15) is 49.0 Å². The Morgan fingerprint density at radius 2 is 1.38 bits per heavy atom. The molecule has 0 radical (unpaired) electrons. The second kappa shape index (κ2) is 7.28. The van der Waals surface area contributed by atoms with E-state index in [1.54, 1.807) is 0 Å². The van der Waals surface area contributed by atoms with Crippen LogP contribution in [-0.4, -0.2) is 35.4 Å². The van der Waals surface area contributed by atoms with Crippen molar-refractivity contribution < 1.29 is 58.0 Å². The van der Waals surface area contributed by atoms with Crippen molar-refractivity contribution >= 4 is 7.82 Å². The summed E-state index contributed by atoms with van der Waals surface area (Å²) in [4.78, 5) is 9.21. The Labute approximate surface area is 140 Å². The molecule has 1 rings (SSSR count). The highest BCUT2D eigenvalue weighted by Gasteiger charge is 2.81. The molecule has 0 aliphatic carbocycles. The largest absolute Gasteiger partial charge is 0.527 e. The third-order valence-corrected chi connectivity index (χ3v) is 3.79. The number of para-hydroxylation sites is 1. The molecule has 1 N–H and O–H groups in total. The molecule has 0 heterocycles. The standard InChI is InChI=1S/C12H10F9O4P/c13-9(14,10(15,16)11(17,18)12(19,20)21)6-7-24-26(22,23)25-8-4-2-1-3-5-8/h1-5H,6-7H2,(H,22,23). The van der Waals surface area contributed by atoms with Crippen LogP contribution in [-0.2, 0) is 9.09 Å². The first-order valence-corrected chi connectivity index (χ1v) is 7.95. The topological polar surface area (TPSA) is 55.8 Å². The lowest BCUT2D eigenvalue weighted by Gasteiger charge is -2.33. The molecule has 0 aliphatic heterocycles. The van der Waals surface area contributed by atoms with E-state index < -0.39 is 44.8 Å². The first kappa shape index (κ1) is 22.6. The first-order chi connectivity index (χ1) is 11.5. The zero-order chi connectivity index (χ0) is 20.4. The predicted octanol–water partition coefficient (Wildman–Crippen LogP) is 5.04. The lowest BCUT2D eigenvalue weighted by Crippen LogP contribution is -2.61. The van der Waals surface area contributed by atoms with Crippen LogP contribution in [0.25, 0.3) is 0 Å². The molecule has 0 fully saturated rings. The number of hydrogen-bond acceptors (Lipinski definition) is 3. The first-order valence-electron chi connectivity index (χ1n) is 6.46. The SMILES string of the molecule is O=P(O)(OCCC(F)(F)C(F)(F)C(F)(F)C(F)(F)F)Oc1ccccc1. The minimum atomic E-state index is -7.03. The fraction of sp³-hybridized carbons (Fsp3) is 0.500. The number of benzene rings is 1. The molecule has 14 heteroatoms. The molecule has 0 saturated carbocycles. The average molecular weight is 420 g/mol.